The summed E-state index contributed by atoms with van der Waals surface area (Å²) in [6, 6.07) is 17.1. The van der Waals surface area contributed by atoms with E-state index in [2.05, 4.69) is 69.8 Å². The summed E-state index contributed by atoms with van der Waals surface area (Å²) in [4.78, 5) is 0. The van der Waals surface area contributed by atoms with Gasteiger partial charge in [-0.15, -0.1) is 0 Å². The van der Waals surface area contributed by atoms with E-state index >= 15 is 0 Å². The first kappa shape index (κ1) is 15.8. The van der Waals surface area contributed by atoms with Crippen molar-refractivity contribution in [2.45, 2.75) is 19.5 Å². The van der Waals surface area contributed by atoms with Crippen molar-refractivity contribution in [3.8, 4) is 0 Å². The molecule has 4 nitrogen and oxygen atoms in total. The van der Waals surface area contributed by atoms with Crippen LogP contribution in [-0.2, 0) is 13.1 Å². The zero-order valence-electron chi connectivity index (χ0n) is 13.6. The number of anilines is 2. The van der Waals surface area contributed by atoms with E-state index in [0.29, 0.717) is 0 Å². The smallest absolute Gasteiger partial charge is 0.0386 e. The maximum Gasteiger partial charge on any atom is 0.0386 e. The third kappa shape index (κ3) is 4.71. The molecule has 0 spiro atoms. The van der Waals surface area contributed by atoms with Gasteiger partial charge in [0.15, 0.2) is 0 Å². The van der Waals surface area contributed by atoms with E-state index in [1.807, 2.05) is 0 Å². The molecule has 2 aromatic rings. The molecule has 0 unspecified atom stereocenters. The van der Waals surface area contributed by atoms with Gasteiger partial charge in [-0.05, 0) is 42.8 Å². The van der Waals surface area contributed by atoms with Gasteiger partial charge in [0.1, 0.15) is 0 Å². The first-order valence-corrected chi connectivity index (χ1v) is 8.48. The summed E-state index contributed by atoms with van der Waals surface area (Å²) in [6.07, 6.45) is 1.13. The molecule has 0 saturated heterocycles. The fraction of sp³-hybridized carbons (Fsp3) is 0.368. The van der Waals surface area contributed by atoms with Crippen LogP contribution in [0.4, 0.5) is 11.4 Å². The second-order valence-corrected chi connectivity index (χ2v) is 5.87. The van der Waals surface area contributed by atoms with E-state index < -0.39 is 0 Å². The van der Waals surface area contributed by atoms with Crippen molar-refractivity contribution < 1.29 is 0 Å². The highest BCUT2D eigenvalue weighted by Gasteiger charge is 2.04. The standard InChI is InChI=1S/C19H26N4/c1-3-8-18-16(6-1)14-20-10-5-11-21-15-17-7-2-4-9-19(17)23-13-12-22-18/h1-4,6-9,20-23H,5,10-15H2. The van der Waals surface area contributed by atoms with E-state index in [9.17, 15) is 0 Å². The van der Waals surface area contributed by atoms with Crippen LogP contribution in [0.25, 0.3) is 0 Å². The molecule has 0 saturated carbocycles. The molecular weight excluding hydrogens is 284 g/mol. The maximum absolute atomic E-state index is 3.55. The van der Waals surface area contributed by atoms with Crippen LogP contribution in [0.1, 0.15) is 17.5 Å². The SMILES string of the molecule is c1ccc2c(c1)CNCCCNCc1ccccc1NCCN2. The van der Waals surface area contributed by atoms with Crippen LogP contribution in [0.3, 0.4) is 0 Å². The number of para-hydroxylation sites is 2. The van der Waals surface area contributed by atoms with E-state index in [-0.39, 0.29) is 0 Å². The lowest BCUT2D eigenvalue weighted by Crippen LogP contribution is -2.22. The van der Waals surface area contributed by atoms with Gasteiger partial charge in [-0.2, -0.15) is 0 Å². The quantitative estimate of drug-likeness (QED) is 0.604. The highest BCUT2D eigenvalue weighted by Crippen LogP contribution is 2.16. The average molecular weight is 310 g/mol. The van der Waals surface area contributed by atoms with Crippen LogP contribution < -0.4 is 21.3 Å². The molecule has 4 heteroatoms. The van der Waals surface area contributed by atoms with Gasteiger partial charge in [-0.3, -0.25) is 0 Å². The maximum atomic E-state index is 3.55. The lowest BCUT2D eigenvalue weighted by atomic mass is 10.1. The van der Waals surface area contributed by atoms with Crippen LogP contribution in [0.2, 0.25) is 0 Å². The Morgan fingerprint density at radius 1 is 0.565 bits per heavy atom. The first-order chi connectivity index (χ1) is 11.4. The monoisotopic (exact) mass is 310 g/mol. The Bertz CT molecular complexity index is 558. The fourth-order valence-corrected chi connectivity index (χ4v) is 2.87. The van der Waals surface area contributed by atoms with Crippen LogP contribution in [0, 0.1) is 0 Å². The number of hydrogen-bond donors (Lipinski definition) is 4. The second kappa shape index (κ2) is 8.56. The number of fused-ring (bicyclic) bond motifs is 2. The van der Waals surface area contributed by atoms with Gasteiger partial charge >= 0.3 is 0 Å². The van der Waals surface area contributed by atoms with E-state index in [1.54, 1.807) is 0 Å². The number of hydrogen-bond acceptors (Lipinski definition) is 4. The molecule has 0 aliphatic carbocycles. The first-order valence-electron chi connectivity index (χ1n) is 8.48. The number of nitrogens with one attached hydrogen (secondary N) is 4. The van der Waals surface area contributed by atoms with Crippen LogP contribution in [0.15, 0.2) is 48.5 Å². The van der Waals surface area contributed by atoms with Crippen molar-refractivity contribution >= 4 is 11.4 Å². The number of rotatable bonds is 0. The van der Waals surface area contributed by atoms with Crippen molar-refractivity contribution in [3.63, 3.8) is 0 Å². The Balaban J connectivity index is 1.68. The molecule has 0 radical (unpaired) electrons. The molecule has 1 aliphatic heterocycles. The van der Waals surface area contributed by atoms with Gasteiger partial charge in [0.25, 0.3) is 0 Å². The molecule has 4 N–H and O–H groups in total. The summed E-state index contributed by atoms with van der Waals surface area (Å²) in [5.74, 6) is 0. The summed E-state index contributed by atoms with van der Waals surface area (Å²) in [5.41, 5.74) is 5.11. The van der Waals surface area contributed by atoms with Crippen LogP contribution in [-0.4, -0.2) is 26.2 Å². The van der Waals surface area contributed by atoms with Crippen molar-refractivity contribution in [1.29, 1.82) is 0 Å². The predicted molar refractivity (Wildman–Crippen MR) is 97.9 cm³/mol. The molecule has 1 heterocycles. The zero-order valence-corrected chi connectivity index (χ0v) is 13.6. The van der Waals surface area contributed by atoms with Gasteiger partial charge in [0.05, 0.1) is 0 Å². The van der Waals surface area contributed by atoms with Gasteiger partial charge in [0, 0.05) is 37.6 Å². The topological polar surface area (TPSA) is 48.1 Å². The summed E-state index contributed by atoms with van der Waals surface area (Å²) < 4.78 is 0. The van der Waals surface area contributed by atoms with E-state index in [0.717, 1.165) is 45.7 Å². The Morgan fingerprint density at radius 3 is 1.57 bits per heavy atom. The van der Waals surface area contributed by atoms with Crippen LogP contribution >= 0.6 is 0 Å². The largest absolute Gasteiger partial charge is 0.383 e. The average Bonchev–Trinajstić information content (AvgIpc) is 2.60. The van der Waals surface area contributed by atoms with Gasteiger partial charge in [-0.25, -0.2) is 0 Å². The summed E-state index contributed by atoms with van der Waals surface area (Å²) in [6.45, 7) is 5.69. The molecule has 0 atom stereocenters. The van der Waals surface area contributed by atoms with Crippen LogP contribution in [0.5, 0.6) is 0 Å². The molecule has 3 rings (SSSR count). The molecule has 0 aromatic heterocycles. The highest BCUT2D eigenvalue weighted by molar-refractivity contribution is 5.53. The lowest BCUT2D eigenvalue weighted by Gasteiger charge is -2.14. The third-order valence-corrected chi connectivity index (χ3v) is 4.13. The van der Waals surface area contributed by atoms with Gasteiger partial charge in [0.2, 0.25) is 0 Å². The Kier molecular flexibility index (Phi) is 5.89. The normalized spacial score (nSPS) is 16.7. The lowest BCUT2D eigenvalue weighted by molar-refractivity contribution is 0.596. The second-order valence-electron chi connectivity index (χ2n) is 5.87. The fourth-order valence-electron chi connectivity index (χ4n) is 2.87. The predicted octanol–water partition coefficient (Wildman–Crippen LogP) is 2.79. The highest BCUT2D eigenvalue weighted by atomic mass is 15.0. The molecule has 122 valence electrons. The summed E-state index contributed by atoms with van der Waals surface area (Å²) in [7, 11) is 0. The van der Waals surface area contributed by atoms with Crippen molar-refractivity contribution in [2.24, 2.45) is 0 Å². The zero-order chi connectivity index (χ0) is 15.7. The van der Waals surface area contributed by atoms with Crippen molar-refractivity contribution in [3.05, 3.63) is 59.7 Å². The summed E-state index contributed by atoms with van der Waals surface area (Å²) >= 11 is 0. The molecular formula is C19H26N4. The molecule has 23 heavy (non-hydrogen) atoms. The third-order valence-electron chi connectivity index (χ3n) is 4.13. The minimum atomic E-state index is 0.902. The molecule has 0 amide bonds. The Hall–Kier alpha value is -2.04. The summed E-state index contributed by atoms with van der Waals surface area (Å²) in [5, 5.41) is 14.2. The van der Waals surface area contributed by atoms with Crippen molar-refractivity contribution in [1.82, 2.24) is 10.6 Å². The number of benzene rings is 2. The molecule has 1 aliphatic rings. The molecule has 0 bridgehead atoms. The van der Waals surface area contributed by atoms with E-state index in [4.69, 9.17) is 0 Å². The van der Waals surface area contributed by atoms with Gasteiger partial charge < -0.3 is 21.3 Å². The van der Waals surface area contributed by atoms with Gasteiger partial charge in [-0.1, -0.05) is 36.4 Å². The Labute approximate surface area is 138 Å². The van der Waals surface area contributed by atoms with E-state index in [1.165, 1.54) is 22.5 Å². The minimum Gasteiger partial charge on any atom is -0.383 e. The Morgan fingerprint density at radius 2 is 1.04 bits per heavy atom. The molecule has 2 aromatic carbocycles. The minimum absolute atomic E-state index is 0.902. The van der Waals surface area contributed by atoms with Crippen molar-refractivity contribution in [2.75, 3.05) is 36.8 Å². The molecule has 0 fully saturated rings.